The Bertz CT molecular complexity index is 390. The van der Waals surface area contributed by atoms with Crippen LogP contribution in [-0.2, 0) is 11.2 Å². The van der Waals surface area contributed by atoms with Gasteiger partial charge < -0.3 is 15.4 Å². The Morgan fingerprint density at radius 2 is 2.18 bits per heavy atom. The average molecular weight is 234 g/mol. The first kappa shape index (κ1) is 12.2. The van der Waals surface area contributed by atoms with Crippen molar-refractivity contribution in [3.8, 4) is 0 Å². The number of anilines is 2. The van der Waals surface area contributed by atoms with Gasteiger partial charge >= 0.3 is 0 Å². The van der Waals surface area contributed by atoms with Crippen molar-refractivity contribution in [2.75, 3.05) is 37.4 Å². The van der Waals surface area contributed by atoms with Crippen molar-refractivity contribution in [3.63, 3.8) is 0 Å². The molecule has 1 aliphatic rings. The summed E-state index contributed by atoms with van der Waals surface area (Å²) >= 11 is 0. The van der Waals surface area contributed by atoms with Crippen LogP contribution in [0.15, 0.2) is 12.1 Å². The SMILES string of the molecule is COCCCCN1CCc2cc(C)c(N)cc21. The smallest absolute Gasteiger partial charge is 0.0462 e. The van der Waals surface area contributed by atoms with Gasteiger partial charge in [-0.15, -0.1) is 0 Å². The first-order valence-electron chi connectivity index (χ1n) is 6.35. The summed E-state index contributed by atoms with van der Waals surface area (Å²) in [6.07, 6.45) is 3.46. The quantitative estimate of drug-likeness (QED) is 0.628. The molecule has 0 saturated carbocycles. The number of nitrogens with two attached hydrogens (primary N) is 1. The number of nitrogens with zero attached hydrogens (tertiary/aromatic N) is 1. The van der Waals surface area contributed by atoms with Gasteiger partial charge in [-0.05, 0) is 43.4 Å². The van der Waals surface area contributed by atoms with Crippen LogP contribution in [0.3, 0.4) is 0 Å². The minimum Gasteiger partial charge on any atom is -0.398 e. The van der Waals surface area contributed by atoms with E-state index in [2.05, 4.69) is 24.0 Å². The van der Waals surface area contributed by atoms with Crippen LogP contribution in [0.5, 0.6) is 0 Å². The number of benzene rings is 1. The van der Waals surface area contributed by atoms with E-state index < -0.39 is 0 Å². The van der Waals surface area contributed by atoms with Crippen molar-refractivity contribution in [1.82, 2.24) is 0 Å². The maximum Gasteiger partial charge on any atom is 0.0462 e. The van der Waals surface area contributed by atoms with Gasteiger partial charge in [0.05, 0.1) is 0 Å². The summed E-state index contributed by atoms with van der Waals surface area (Å²) in [7, 11) is 1.76. The van der Waals surface area contributed by atoms with Gasteiger partial charge in [-0.2, -0.15) is 0 Å². The normalized spacial score (nSPS) is 14.1. The zero-order chi connectivity index (χ0) is 12.3. The van der Waals surface area contributed by atoms with Gasteiger partial charge in [0.1, 0.15) is 0 Å². The Kier molecular flexibility index (Phi) is 3.89. The third-order valence-electron chi connectivity index (χ3n) is 3.49. The first-order valence-corrected chi connectivity index (χ1v) is 6.35. The van der Waals surface area contributed by atoms with Crippen LogP contribution < -0.4 is 10.6 Å². The number of aryl methyl sites for hydroxylation is 1. The Balaban J connectivity index is 1.99. The van der Waals surface area contributed by atoms with E-state index in [0.29, 0.717) is 0 Å². The largest absolute Gasteiger partial charge is 0.398 e. The highest BCUT2D eigenvalue weighted by Gasteiger charge is 2.19. The molecule has 17 heavy (non-hydrogen) atoms. The van der Waals surface area contributed by atoms with E-state index in [-0.39, 0.29) is 0 Å². The molecule has 0 unspecified atom stereocenters. The molecule has 0 aromatic heterocycles. The van der Waals surface area contributed by atoms with E-state index >= 15 is 0 Å². The van der Waals surface area contributed by atoms with E-state index in [1.165, 1.54) is 23.2 Å². The molecule has 3 nitrogen and oxygen atoms in total. The number of ether oxygens (including phenoxy) is 1. The van der Waals surface area contributed by atoms with E-state index in [1.807, 2.05) is 0 Å². The second kappa shape index (κ2) is 5.41. The van der Waals surface area contributed by atoms with Crippen molar-refractivity contribution >= 4 is 11.4 Å². The standard InChI is InChI=1S/C14H22N2O/c1-11-9-12-5-7-16(6-3-4-8-17-2)14(12)10-13(11)15/h9-10H,3-8,15H2,1-2H3. The van der Waals surface area contributed by atoms with Crippen LogP contribution >= 0.6 is 0 Å². The summed E-state index contributed by atoms with van der Waals surface area (Å²) in [5.41, 5.74) is 10.9. The van der Waals surface area contributed by atoms with Crippen LogP contribution in [0.2, 0.25) is 0 Å². The van der Waals surface area contributed by atoms with Crippen molar-refractivity contribution in [2.24, 2.45) is 0 Å². The third kappa shape index (κ3) is 2.72. The number of hydrogen-bond acceptors (Lipinski definition) is 3. The van der Waals surface area contributed by atoms with Gasteiger partial charge in [0, 0.05) is 38.2 Å². The molecule has 1 aromatic carbocycles. The van der Waals surface area contributed by atoms with Crippen LogP contribution in [0.1, 0.15) is 24.0 Å². The van der Waals surface area contributed by atoms with Crippen LogP contribution in [0, 0.1) is 6.92 Å². The molecule has 0 spiro atoms. The summed E-state index contributed by atoms with van der Waals surface area (Å²) < 4.78 is 5.07. The molecule has 0 atom stereocenters. The maximum atomic E-state index is 5.98. The van der Waals surface area contributed by atoms with E-state index in [1.54, 1.807) is 7.11 Å². The molecule has 1 aromatic rings. The lowest BCUT2D eigenvalue weighted by Crippen LogP contribution is -2.22. The van der Waals surface area contributed by atoms with Gasteiger partial charge in [-0.3, -0.25) is 0 Å². The Morgan fingerprint density at radius 1 is 1.35 bits per heavy atom. The number of methoxy groups -OCH3 is 1. The number of rotatable bonds is 5. The van der Waals surface area contributed by atoms with E-state index in [9.17, 15) is 0 Å². The minimum atomic E-state index is 0.858. The number of nitrogen functional groups attached to an aromatic ring is 1. The second-order valence-corrected chi connectivity index (χ2v) is 4.77. The highest BCUT2D eigenvalue weighted by atomic mass is 16.5. The van der Waals surface area contributed by atoms with Gasteiger partial charge in [-0.1, -0.05) is 6.07 Å². The fourth-order valence-electron chi connectivity index (χ4n) is 2.42. The van der Waals surface area contributed by atoms with Crippen LogP contribution in [0.25, 0.3) is 0 Å². The van der Waals surface area contributed by atoms with Gasteiger partial charge in [0.15, 0.2) is 0 Å². The summed E-state index contributed by atoms with van der Waals surface area (Å²) in [5, 5.41) is 0. The van der Waals surface area contributed by atoms with Crippen molar-refractivity contribution in [1.29, 1.82) is 0 Å². The summed E-state index contributed by atoms with van der Waals surface area (Å²) in [6.45, 7) is 5.18. The Labute approximate surface area is 104 Å². The molecule has 3 heteroatoms. The van der Waals surface area contributed by atoms with Gasteiger partial charge in [0.2, 0.25) is 0 Å². The first-order chi connectivity index (χ1) is 8.22. The molecule has 0 bridgehead atoms. The molecule has 2 rings (SSSR count). The molecular formula is C14H22N2O. The van der Waals surface area contributed by atoms with Crippen LogP contribution in [-0.4, -0.2) is 26.8 Å². The monoisotopic (exact) mass is 234 g/mol. The predicted octanol–water partition coefficient (Wildman–Crippen LogP) is 2.37. The second-order valence-electron chi connectivity index (χ2n) is 4.77. The average Bonchev–Trinajstić information content (AvgIpc) is 2.68. The molecule has 94 valence electrons. The molecule has 0 aliphatic carbocycles. The molecule has 0 amide bonds. The van der Waals surface area contributed by atoms with Crippen molar-refractivity contribution in [2.45, 2.75) is 26.2 Å². The molecule has 0 saturated heterocycles. The number of hydrogen-bond donors (Lipinski definition) is 1. The fourth-order valence-corrected chi connectivity index (χ4v) is 2.42. The van der Waals surface area contributed by atoms with E-state index in [4.69, 9.17) is 10.5 Å². The lowest BCUT2D eigenvalue weighted by Gasteiger charge is -2.20. The Hall–Kier alpha value is -1.22. The zero-order valence-electron chi connectivity index (χ0n) is 10.8. The molecule has 1 aliphatic heterocycles. The summed E-state index contributed by atoms with van der Waals surface area (Å²) in [4.78, 5) is 2.45. The molecule has 2 N–H and O–H groups in total. The lowest BCUT2D eigenvalue weighted by molar-refractivity contribution is 0.193. The molecule has 0 fully saturated rings. The van der Waals surface area contributed by atoms with Crippen LogP contribution in [0.4, 0.5) is 11.4 Å². The van der Waals surface area contributed by atoms with Crippen molar-refractivity contribution in [3.05, 3.63) is 23.3 Å². The number of unbranched alkanes of at least 4 members (excludes halogenated alkanes) is 1. The predicted molar refractivity (Wildman–Crippen MR) is 72.6 cm³/mol. The number of fused-ring (bicyclic) bond motifs is 1. The third-order valence-corrected chi connectivity index (χ3v) is 3.49. The highest BCUT2D eigenvalue weighted by molar-refractivity contribution is 5.67. The van der Waals surface area contributed by atoms with E-state index in [0.717, 1.165) is 38.2 Å². The maximum absolute atomic E-state index is 5.98. The van der Waals surface area contributed by atoms with Gasteiger partial charge in [0.25, 0.3) is 0 Å². The summed E-state index contributed by atoms with van der Waals surface area (Å²) in [5.74, 6) is 0. The minimum absolute atomic E-state index is 0.858. The molecule has 0 radical (unpaired) electrons. The Morgan fingerprint density at radius 3 is 2.94 bits per heavy atom. The molecular weight excluding hydrogens is 212 g/mol. The zero-order valence-corrected chi connectivity index (χ0v) is 10.8. The fraction of sp³-hybridized carbons (Fsp3) is 0.571. The lowest BCUT2D eigenvalue weighted by atomic mass is 10.1. The van der Waals surface area contributed by atoms with Crippen molar-refractivity contribution < 1.29 is 4.74 Å². The summed E-state index contributed by atoms with van der Waals surface area (Å²) in [6, 6.07) is 4.37. The topological polar surface area (TPSA) is 38.5 Å². The molecule has 1 heterocycles. The van der Waals surface area contributed by atoms with Gasteiger partial charge in [-0.25, -0.2) is 0 Å². The highest BCUT2D eigenvalue weighted by Crippen LogP contribution is 2.32.